The number of carbonyl (C=O) groups excluding carboxylic acids is 2. The number of para-hydroxylation sites is 2. The summed E-state index contributed by atoms with van der Waals surface area (Å²) < 4.78 is 16.6. The summed E-state index contributed by atoms with van der Waals surface area (Å²) in [6.45, 7) is 2.23. The number of carbonyl (C=O) groups is 2. The first-order valence-corrected chi connectivity index (χ1v) is 11.2. The maximum absolute atomic E-state index is 14.3. The molecule has 0 saturated carbocycles. The third-order valence-corrected chi connectivity index (χ3v) is 6.28. The van der Waals surface area contributed by atoms with E-state index in [0.29, 0.717) is 46.2 Å². The molecule has 35 heavy (non-hydrogen) atoms. The minimum absolute atomic E-state index is 0.285. The minimum atomic E-state index is -1.67. The molecule has 8 heteroatoms. The van der Waals surface area contributed by atoms with E-state index < -0.39 is 17.4 Å². The molecule has 0 saturated heterocycles. The zero-order chi connectivity index (χ0) is 24.6. The molecule has 0 unspecified atom stereocenters. The Morgan fingerprint density at radius 1 is 1.03 bits per heavy atom. The van der Waals surface area contributed by atoms with Gasteiger partial charge in [0.05, 0.1) is 26.4 Å². The predicted molar refractivity (Wildman–Crippen MR) is 129 cm³/mol. The lowest BCUT2D eigenvalue weighted by molar-refractivity contribution is -0.140. The Balaban J connectivity index is 1.72. The van der Waals surface area contributed by atoms with Gasteiger partial charge < -0.3 is 24.4 Å². The van der Waals surface area contributed by atoms with Crippen molar-refractivity contribution in [1.82, 2.24) is 0 Å². The molecule has 0 aromatic heterocycles. The SMILES string of the molecule is CCOc1ccccc1C(=O)[C@H]1C(c2ccc(OC)cc2OC)=NO[C@]12C(=O)Nc1ccccc12. The van der Waals surface area contributed by atoms with Gasteiger partial charge in [0, 0.05) is 22.9 Å². The molecule has 3 aromatic carbocycles. The van der Waals surface area contributed by atoms with Crippen LogP contribution in [0.4, 0.5) is 5.69 Å². The third kappa shape index (κ3) is 3.41. The second-order valence-electron chi connectivity index (χ2n) is 8.10. The molecule has 178 valence electrons. The lowest BCUT2D eigenvalue weighted by Gasteiger charge is -2.27. The number of fused-ring (bicyclic) bond motifs is 2. The number of ketones is 1. The van der Waals surface area contributed by atoms with Gasteiger partial charge in [0.15, 0.2) is 5.78 Å². The van der Waals surface area contributed by atoms with Gasteiger partial charge >= 0.3 is 0 Å². The number of methoxy groups -OCH3 is 2. The fraction of sp³-hybridized carbons (Fsp3) is 0.222. The summed E-state index contributed by atoms with van der Waals surface area (Å²) in [6.07, 6.45) is 0. The van der Waals surface area contributed by atoms with Crippen molar-refractivity contribution < 1.29 is 28.6 Å². The predicted octanol–water partition coefficient (Wildman–Crippen LogP) is 4.18. The first-order chi connectivity index (χ1) is 17.0. The fourth-order valence-electron chi connectivity index (χ4n) is 4.68. The average Bonchev–Trinajstić information content (AvgIpc) is 3.42. The molecule has 0 radical (unpaired) electrons. The van der Waals surface area contributed by atoms with Crippen LogP contribution in [0.2, 0.25) is 0 Å². The van der Waals surface area contributed by atoms with Gasteiger partial charge in [-0.2, -0.15) is 0 Å². The Bertz CT molecular complexity index is 1350. The van der Waals surface area contributed by atoms with Crippen LogP contribution in [0.25, 0.3) is 0 Å². The Kier molecular flexibility index (Phi) is 5.64. The molecule has 2 aliphatic rings. The number of nitrogens with zero attached hydrogens (tertiary/aromatic N) is 1. The standard InChI is InChI=1S/C27H24N2O6/c1-4-34-21-12-8-5-9-18(21)25(30)23-24(17-14-13-16(32-2)15-22(17)33-3)29-35-27(23)19-10-6-7-11-20(19)28-26(27)31/h5-15,23H,4H2,1-3H3,(H,28,31)/t23-,27+/m1/s1. The van der Waals surface area contributed by atoms with Crippen LogP contribution >= 0.6 is 0 Å². The second-order valence-corrected chi connectivity index (χ2v) is 8.10. The lowest BCUT2D eigenvalue weighted by Crippen LogP contribution is -2.46. The van der Waals surface area contributed by atoms with E-state index in [1.54, 1.807) is 67.8 Å². The Morgan fingerprint density at radius 2 is 1.80 bits per heavy atom. The highest BCUT2D eigenvalue weighted by atomic mass is 16.7. The number of amides is 1. The number of nitrogens with one attached hydrogen (secondary N) is 1. The summed E-state index contributed by atoms with van der Waals surface area (Å²) in [5.41, 5.74) is 0.589. The normalized spacial score (nSPS) is 20.0. The van der Waals surface area contributed by atoms with Crippen molar-refractivity contribution in [3.8, 4) is 17.2 Å². The highest BCUT2D eigenvalue weighted by Gasteiger charge is 2.63. The van der Waals surface area contributed by atoms with Crippen LogP contribution in [0.1, 0.15) is 28.4 Å². The molecule has 0 bridgehead atoms. The summed E-state index contributed by atoms with van der Waals surface area (Å²) in [4.78, 5) is 33.7. The van der Waals surface area contributed by atoms with Gasteiger partial charge in [-0.1, -0.05) is 35.5 Å². The zero-order valence-corrected chi connectivity index (χ0v) is 19.5. The molecule has 0 aliphatic carbocycles. The molecule has 2 aliphatic heterocycles. The average molecular weight is 472 g/mol. The van der Waals surface area contributed by atoms with E-state index in [0.717, 1.165) is 0 Å². The van der Waals surface area contributed by atoms with Gasteiger partial charge in [-0.25, -0.2) is 0 Å². The lowest BCUT2D eigenvalue weighted by atomic mass is 9.74. The van der Waals surface area contributed by atoms with Crippen LogP contribution in [0.5, 0.6) is 17.2 Å². The second kappa shape index (κ2) is 8.79. The summed E-state index contributed by atoms with van der Waals surface area (Å²) in [6, 6.07) is 19.3. The van der Waals surface area contributed by atoms with E-state index in [2.05, 4.69) is 10.5 Å². The van der Waals surface area contributed by atoms with Crippen LogP contribution in [0.3, 0.4) is 0 Å². The van der Waals surface area contributed by atoms with E-state index in [-0.39, 0.29) is 11.5 Å². The third-order valence-electron chi connectivity index (χ3n) is 6.28. The molecule has 2 atom stereocenters. The van der Waals surface area contributed by atoms with Crippen LogP contribution < -0.4 is 19.5 Å². The highest BCUT2D eigenvalue weighted by molar-refractivity contribution is 6.25. The number of Topliss-reactive ketones (excluding diaryl/α,β-unsaturated/α-hetero) is 1. The van der Waals surface area contributed by atoms with Gasteiger partial charge in [-0.15, -0.1) is 0 Å². The van der Waals surface area contributed by atoms with Gasteiger partial charge in [0.1, 0.15) is 28.9 Å². The largest absolute Gasteiger partial charge is 0.497 e. The van der Waals surface area contributed by atoms with Gasteiger partial charge in [-0.05, 0) is 37.3 Å². The number of hydrogen-bond donors (Lipinski definition) is 1. The number of oxime groups is 1. The summed E-state index contributed by atoms with van der Waals surface area (Å²) in [5, 5.41) is 7.18. The number of anilines is 1. The first-order valence-electron chi connectivity index (χ1n) is 11.2. The first kappa shape index (κ1) is 22.5. The molecular formula is C27H24N2O6. The van der Waals surface area contributed by atoms with E-state index in [1.807, 2.05) is 13.0 Å². The number of rotatable bonds is 7. The molecule has 1 amide bonds. The fourth-order valence-corrected chi connectivity index (χ4v) is 4.68. The quantitative estimate of drug-likeness (QED) is 0.519. The van der Waals surface area contributed by atoms with Crippen LogP contribution in [-0.4, -0.2) is 38.2 Å². The Morgan fingerprint density at radius 3 is 2.57 bits per heavy atom. The van der Waals surface area contributed by atoms with Gasteiger partial charge in [0.2, 0.25) is 0 Å². The topological polar surface area (TPSA) is 95.5 Å². The molecule has 8 nitrogen and oxygen atoms in total. The van der Waals surface area contributed by atoms with Crippen LogP contribution in [0, 0.1) is 5.92 Å². The van der Waals surface area contributed by atoms with Gasteiger partial charge in [-0.3, -0.25) is 9.59 Å². The van der Waals surface area contributed by atoms with Crippen molar-refractivity contribution in [3.63, 3.8) is 0 Å². The van der Waals surface area contributed by atoms with Crippen molar-refractivity contribution in [1.29, 1.82) is 0 Å². The van der Waals surface area contributed by atoms with Crippen molar-refractivity contribution in [2.75, 3.05) is 26.1 Å². The highest BCUT2D eigenvalue weighted by Crippen LogP contribution is 2.51. The van der Waals surface area contributed by atoms with Crippen LogP contribution in [-0.2, 0) is 15.2 Å². The maximum atomic E-state index is 14.3. The monoisotopic (exact) mass is 472 g/mol. The van der Waals surface area contributed by atoms with Crippen molar-refractivity contribution in [2.45, 2.75) is 12.5 Å². The van der Waals surface area contributed by atoms with Crippen molar-refractivity contribution in [3.05, 3.63) is 83.4 Å². The minimum Gasteiger partial charge on any atom is -0.497 e. The Hall–Kier alpha value is -4.33. The van der Waals surface area contributed by atoms with E-state index >= 15 is 0 Å². The molecule has 5 rings (SSSR count). The van der Waals surface area contributed by atoms with Gasteiger partial charge in [0.25, 0.3) is 11.5 Å². The summed E-state index contributed by atoms with van der Waals surface area (Å²) in [7, 11) is 3.07. The zero-order valence-electron chi connectivity index (χ0n) is 19.5. The summed E-state index contributed by atoms with van der Waals surface area (Å²) >= 11 is 0. The molecular weight excluding hydrogens is 448 g/mol. The smallest absolute Gasteiger partial charge is 0.277 e. The molecule has 1 spiro atoms. The maximum Gasteiger partial charge on any atom is 0.277 e. The number of ether oxygens (including phenoxy) is 3. The molecule has 2 heterocycles. The number of hydrogen-bond acceptors (Lipinski definition) is 7. The van der Waals surface area contributed by atoms with E-state index in [4.69, 9.17) is 19.0 Å². The van der Waals surface area contributed by atoms with Crippen molar-refractivity contribution in [2.24, 2.45) is 11.1 Å². The summed E-state index contributed by atoms with van der Waals surface area (Å²) in [5.74, 6) is -0.475. The molecule has 3 aromatic rings. The Labute approximate surface area is 202 Å². The van der Waals surface area contributed by atoms with E-state index in [9.17, 15) is 9.59 Å². The van der Waals surface area contributed by atoms with Crippen molar-refractivity contribution >= 4 is 23.1 Å². The van der Waals surface area contributed by atoms with E-state index in [1.165, 1.54) is 7.11 Å². The molecule has 1 N–H and O–H groups in total. The number of benzene rings is 3. The van der Waals surface area contributed by atoms with Crippen LogP contribution in [0.15, 0.2) is 71.9 Å². The molecule has 0 fully saturated rings.